The van der Waals surface area contributed by atoms with Gasteiger partial charge in [0.15, 0.2) is 0 Å². The topological polar surface area (TPSA) is 62.6 Å². The van der Waals surface area contributed by atoms with Crippen molar-refractivity contribution in [1.82, 2.24) is 24.9 Å². The third kappa shape index (κ3) is 5.82. The highest BCUT2D eigenvalue weighted by Gasteiger charge is 2.28. The quantitative estimate of drug-likeness (QED) is 0.565. The van der Waals surface area contributed by atoms with Crippen molar-refractivity contribution in [2.24, 2.45) is 0 Å². The second kappa shape index (κ2) is 10.1. The van der Waals surface area contributed by atoms with Crippen molar-refractivity contribution in [3.8, 4) is 11.4 Å². The number of halogens is 1. The summed E-state index contributed by atoms with van der Waals surface area (Å²) in [5.41, 5.74) is 4.74. The maximum absolute atomic E-state index is 13.4. The number of aromatic nitrogens is 2. The molecule has 1 aromatic heterocycles. The molecule has 0 spiro atoms. The molecule has 0 aliphatic carbocycles. The smallest absolute Gasteiger partial charge is 0.317 e. The lowest BCUT2D eigenvalue weighted by Crippen LogP contribution is -2.47. The normalized spacial score (nSPS) is 13.9. The fraction of sp³-hybridized carbons (Fsp3) is 0.407. The lowest BCUT2D eigenvalue weighted by molar-refractivity contribution is 0.196. The van der Waals surface area contributed by atoms with Gasteiger partial charge in [-0.25, -0.2) is 13.9 Å². The Bertz CT molecular complexity index is 1180. The van der Waals surface area contributed by atoms with Crippen LogP contribution in [0.3, 0.4) is 0 Å². The number of carbonyl (C=O) groups is 1. The molecule has 35 heavy (non-hydrogen) atoms. The van der Waals surface area contributed by atoms with Gasteiger partial charge in [0, 0.05) is 44.2 Å². The van der Waals surface area contributed by atoms with E-state index in [1.807, 2.05) is 61.9 Å². The molecule has 2 aromatic carbocycles. The van der Waals surface area contributed by atoms with Gasteiger partial charge in [0.25, 0.3) is 0 Å². The average Bonchev–Trinajstić information content (AvgIpc) is 3.16. The number of hydrogen-bond donors (Lipinski definition) is 1. The van der Waals surface area contributed by atoms with Gasteiger partial charge in [0.05, 0.1) is 25.0 Å². The van der Waals surface area contributed by atoms with Crippen LogP contribution in [-0.2, 0) is 26.1 Å². The van der Waals surface area contributed by atoms with Crippen LogP contribution in [0.4, 0.5) is 9.18 Å². The molecule has 3 aromatic rings. The maximum atomic E-state index is 13.4. The minimum atomic E-state index is -0.326. The minimum absolute atomic E-state index is 0.142. The third-order valence-electron chi connectivity index (χ3n) is 6.07. The second-order valence-corrected chi connectivity index (χ2v) is 10.1. The molecular weight excluding hydrogens is 445 g/mol. The van der Waals surface area contributed by atoms with Crippen molar-refractivity contribution in [2.45, 2.75) is 52.4 Å². The van der Waals surface area contributed by atoms with Crippen LogP contribution in [0.25, 0.3) is 5.69 Å². The van der Waals surface area contributed by atoms with Crippen molar-refractivity contribution in [2.75, 3.05) is 20.7 Å². The number of carbonyl (C=O) groups excluding carboxylic acids is 1. The summed E-state index contributed by atoms with van der Waals surface area (Å²) in [6, 6.07) is 14.3. The number of nitrogens with one attached hydrogen (secondary N) is 1. The SMILES string of the molecule is COc1ccccc1-n1nc(CN(C)C(=O)NC(C)(C)C)c2c1CCN(Cc1ccc(F)cc1)C2. The fourth-order valence-electron chi connectivity index (χ4n) is 4.37. The molecule has 2 amide bonds. The van der Waals surface area contributed by atoms with Crippen LogP contribution in [0.5, 0.6) is 5.75 Å². The van der Waals surface area contributed by atoms with E-state index in [4.69, 9.17) is 9.84 Å². The Hall–Kier alpha value is -3.39. The zero-order valence-corrected chi connectivity index (χ0v) is 21.1. The van der Waals surface area contributed by atoms with Crippen LogP contribution in [0.2, 0.25) is 0 Å². The maximum Gasteiger partial charge on any atom is 0.317 e. The number of para-hydroxylation sites is 2. The summed E-state index contributed by atoms with van der Waals surface area (Å²) in [5.74, 6) is 0.517. The summed E-state index contributed by atoms with van der Waals surface area (Å²) in [6.45, 7) is 8.55. The van der Waals surface area contributed by atoms with E-state index in [1.165, 1.54) is 12.1 Å². The summed E-state index contributed by atoms with van der Waals surface area (Å²) in [4.78, 5) is 16.8. The first-order chi connectivity index (χ1) is 16.6. The van der Waals surface area contributed by atoms with Gasteiger partial charge in [0.2, 0.25) is 0 Å². The molecule has 1 N–H and O–H groups in total. The first kappa shape index (κ1) is 24.7. The number of rotatable bonds is 6. The van der Waals surface area contributed by atoms with Gasteiger partial charge in [0.1, 0.15) is 17.3 Å². The van der Waals surface area contributed by atoms with E-state index >= 15 is 0 Å². The van der Waals surface area contributed by atoms with Gasteiger partial charge in [-0.15, -0.1) is 0 Å². The number of fused-ring (bicyclic) bond motifs is 1. The highest BCUT2D eigenvalue weighted by Crippen LogP contribution is 2.30. The van der Waals surface area contributed by atoms with Crippen molar-refractivity contribution in [3.63, 3.8) is 0 Å². The molecular formula is C27H34FN5O2. The molecule has 2 heterocycles. The molecule has 1 aliphatic heterocycles. The van der Waals surface area contributed by atoms with E-state index in [1.54, 1.807) is 19.1 Å². The lowest BCUT2D eigenvalue weighted by atomic mass is 10.0. The van der Waals surface area contributed by atoms with E-state index in [2.05, 4.69) is 10.2 Å². The number of nitrogens with zero attached hydrogens (tertiary/aromatic N) is 4. The van der Waals surface area contributed by atoms with Gasteiger partial charge in [-0.05, 0) is 50.6 Å². The number of urea groups is 1. The molecule has 1 aliphatic rings. The highest BCUT2D eigenvalue weighted by atomic mass is 19.1. The molecule has 7 nitrogen and oxygen atoms in total. The van der Waals surface area contributed by atoms with Gasteiger partial charge in [-0.2, -0.15) is 5.10 Å². The number of hydrogen-bond acceptors (Lipinski definition) is 4. The van der Waals surface area contributed by atoms with Crippen LogP contribution in [0, 0.1) is 5.82 Å². The standard InChI is InChI=1S/C27H34FN5O2/c1-27(2,3)29-26(34)31(4)18-22-21-17-32(16-19-10-12-20(28)13-11-19)15-14-23(21)33(30-22)24-8-6-7-9-25(24)35-5/h6-13H,14-18H2,1-5H3,(H,29,34). The largest absolute Gasteiger partial charge is 0.494 e. The number of ether oxygens (including phenoxy) is 1. The van der Waals surface area contributed by atoms with Crippen LogP contribution in [0.1, 0.15) is 43.3 Å². The summed E-state index contributed by atoms with van der Waals surface area (Å²) >= 11 is 0. The van der Waals surface area contributed by atoms with Gasteiger partial charge < -0.3 is 15.0 Å². The van der Waals surface area contributed by atoms with E-state index in [-0.39, 0.29) is 17.4 Å². The molecule has 0 bridgehead atoms. The van der Waals surface area contributed by atoms with E-state index in [9.17, 15) is 9.18 Å². The second-order valence-electron chi connectivity index (χ2n) is 10.1. The van der Waals surface area contributed by atoms with Gasteiger partial charge in [-0.1, -0.05) is 24.3 Å². The Labute approximate surface area is 206 Å². The molecule has 4 rings (SSSR count). The zero-order valence-electron chi connectivity index (χ0n) is 21.1. The monoisotopic (exact) mass is 479 g/mol. The molecule has 0 saturated heterocycles. The molecule has 0 fully saturated rings. The predicted octanol–water partition coefficient (Wildman–Crippen LogP) is 4.52. The van der Waals surface area contributed by atoms with E-state index < -0.39 is 0 Å². The number of methoxy groups -OCH3 is 1. The van der Waals surface area contributed by atoms with E-state index in [0.717, 1.165) is 53.5 Å². The highest BCUT2D eigenvalue weighted by molar-refractivity contribution is 5.74. The van der Waals surface area contributed by atoms with Crippen LogP contribution >= 0.6 is 0 Å². The third-order valence-corrected chi connectivity index (χ3v) is 6.07. The minimum Gasteiger partial charge on any atom is -0.494 e. The Morgan fingerprint density at radius 3 is 2.57 bits per heavy atom. The van der Waals surface area contributed by atoms with Gasteiger partial charge in [-0.3, -0.25) is 4.90 Å². The fourth-order valence-corrected chi connectivity index (χ4v) is 4.37. The van der Waals surface area contributed by atoms with Crippen molar-refractivity contribution < 1.29 is 13.9 Å². The average molecular weight is 480 g/mol. The van der Waals surface area contributed by atoms with Crippen LogP contribution < -0.4 is 10.1 Å². The van der Waals surface area contributed by atoms with Crippen molar-refractivity contribution >= 4 is 6.03 Å². The predicted molar refractivity (Wildman–Crippen MR) is 134 cm³/mol. The summed E-state index contributed by atoms with van der Waals surface area (Å²) in [5, 5.41) is 7.99. The molecule has 0 radical (unpaired) electrons. The Morgan fingerprint density at radius 2 is 1.89 bits per heavy atom. The van der Waals surface area contributed by atoms with Gasteiger partial charge >= 0.3 is 6.03 Å². The zero-order chi connectivity index (χ0) is 25.2. The molecule has 0 atom stereocenters. The van der Waals surface area contributed by atoms with Crippen LogP contribution in [0.15, 0.2) is 48.5 Å². The first-order valence-electron chi connectivity index (χ1n) is 11.9. The first-order valence-corrected chi connectivity index (χ1v) is 11.9. The van der Waals surface area contributed by atoms with Crippen molar-refractivity contribution in [1.29, 1.82) is 0 Å². The molecule has 186 valence electrons. The summed E-state index contributed by atoms with van der Waals surface area (Å²) in [6.07, 6.45) is 0.805. The summed E-state index contributed by atoms with van der Waals surface area (Å²) in [7, 11) is 3.44. The van der Waals surface area contributed by atoms with Crippen LogP contribution in [-0.4, -0.2) is 51.9 Å². The Balaban J connectivity index is 1.65. The number of benzene rings is 2. The van der Waals surface area contributed by atoms with Crippen molar-refractivity contribution in [3.05, 3.63) is 76.9 Å². The molecule has 8 heteroatoms. The Morgan fingerprint density at radius 1 is 1.17 bits per heavy atom. The molecule has 0 unspecified atom stereocenters. The molecule has 0 saturated carbocycles. The number of amides is 2. The summed E-state index contributed by atoms with van der Waals surface area (Å²) < 4.78 is 20.9. The lowest BCUT2D eigenvalue weighted by Gasteiger charge is -2.29. The Kier molecular flexibility index (Phi) is 7.12. The van der Waals surface area contributed by atoms with E-state index in [0.29, 0.717) is 13.1 Å².